The first-order valence-electron chi connectivity index (χ1n) is 11.1. The lowest BCUT2D eigenvalue weighted by atomic mass is 9.91. The number of hydrogen-bond donors (Lipinski definition) is 0. The van der Waals surface area contributed by atoms with Gasteiger partial charge in [-0.25, -0.2) is 0 Å². The highest BCUT2D eigenvalue weighted by molar-refractivity contribution is 5.76. The van der Waals surface area contributed by atoms with Crippen LogP contribution in [-0.4, -0.2) is 17.8 Å². The van der Waals surface area contributed by atoms with Crippen LogP contribution >= 0.6 is 0 Å². The van der Waals surface area contributed by atoms with Crippen LogP contribution in [0.3, 0.4) is 0 Å². The largest absolute Gasteiger partial charge is 0.493 e. The van der Waals surface area contributed by atoms with E-state index in [0.717, 1.165) is 29.2 Å². The van der Waals surface area contributed by atoms with Gasteiger partial charge in [-0.05, 0) is 42.6 Å². The topological polar surface area (TPSA) is 40.5 Å². The number of benzene rings is 1. The van der Waals surface area contributed by atoms with Gasteiger partial charge in [0.25, 0.3) is 0 Å². The summed E-state index contributed by atoms with van der Waals surface area (Å²) in [6, 6.07) is 5.73. The van der Waals surface area contributed by atoms with Crippen molar-refractivity contribution < 1.29 is 9.47 Å². The zero-order valence-corrected chi connectivity index (χ0v) is 18.3. The summed E-state index contributed by atoms with van der Waals surface area (Å²) < 4.78 is 14.9. The Labute approximate surface area is 173 Å². The van der Waals surface area contributed by atoms with Gasteiger partial charge in [0.15, 0.2) is 5.43 Å². The molecule has 4 nitrogen and oxygen atoms in total. The minimum atomic E-state index is 0.0433. The number of pyridine rings is 1. The van der Waals surface area contributed by atoms with Gasteiger partial charge in [-0.2, -0.15) is 0 Å². The molecule has 1 saturated carbocycles. The third-order valence-corrected chi connectivity index (χ3v) is 6.06. The van der Waals surface area contributed by atoms with Gasteiger partial charge in [0.1, 0.15) is 18.1 Å². The van der Waals surface area contributed by atoms with Crippen LogP contribution in [0.1, 0.15) is 70.5 Å². The minimum Gasteiger partial charge on any atom is -0.493 e. The van der Waals surface area contributed by atoms with E-state index >= 15 is 0 Å². The molecule has 0 bridgehead atoms. The van der Waals surface area contributed by atoms with Crippen molar-refractivity contribution in [3.63, 3.8) is 0 Å². The summed E-state index contributed by atoms with van der Waals surface area (Å²) in [6.45, 7) is 12.3. The maximum atomic E-state index is 12.3. The van der Waals surface area contributed by atoms with Crippen LogP contribution < -0.4 is 14.9 Å². The molecular formula is C25H33NO3. The first kappa shape index (κ1) is 20.1. The molecule has 2 heterocycles. The lowest BCUT2D eigenvalue weighted by Gasteiger charge is -2.24. The first-order valence-corrected chi connectivity index (χ1v) is 11.1. The molecule has 4 rings (SSSR count). The smallest absolute Gasteiger partial charge is 0.182 e. The molecule has 2 aliphatic rings. The van der Waals surface area contributed by atoms with Crippen LogP contribution in [0.25, 0.3) is 11.3 Å². The number of hydrogen-bond acceptors (Lipinski definition) is 3. The maximum Gasteiger partial charge on any atom is 0.182 e. The van der Waals surface area contributed by atoms with Gasteiger partial charge in [-0.1, -0.05) is 34.6 Å². The Hall–Kier alpha value is -2.23. The number of fused-ring (bicyclic) bond motifs is 3. The molecule has 1 atom stereocenters. The van der Waals surface area contributed by atoms with Crippen LogP contribution in [0.15, 0.2) is 29.2 Å². The predicted molar refractivity (Wildman–Crippen MR) is 117 cm³/mol. The summed E-state index contributed by atoms with van der Waals surface area (Å²) in [4.78, 5) is 12.3. The van der Waals surface area contributed by atoms with Gasteiger partial charge in [0, 0.05) is 35.5 Å². The van der Waals surface area contributed by atoms with Crippen molar-refractivity contribution in [3.8, 4) is 22.8 Å². The van der Waals surface area contributed by atoms with Crippen molar-refractivity contribution in [2.24, 2.45) is 11.8 Å². The summed E-state index contributed by atoms with van der Waals surface area (Å²) in [5.41, 5.74) is 4.74. The highest BCUT2D eigenvalue weighted by Gasteiger charge is 2.34. The molecule has 1 aliphatic carbocycles. The Morgan fingerprint density at radius 3 is 2.59 bits per heavy atom. The molecule has 1 fully saturated rings. The highest BCUT2D eigenvalue weighted by atomic mass is 16.5. The molecule has 0 saturated heterocycles. The minimum absolute atomic E-state index is 0.0433. The molecule has 4 heteroatoms. The third kappa shape index (κ3) is 3.82. The van der Waals surface area contributed by atoms with E-state index in [1.165, 1.54) is 24.0 Å². The fourth-order valence-corrected chi connectivity index (χ4v) is 4.41. The van der Waals surface area contributed by atoms with Crippen LogP contribution in [0.2, 0.25) is 0 Å². The molecule has 2 aromatic rings. The van der Waals surface area contributed by atoms with Crippen molar-refractivity contribution in [1.82, 2.24) is 4.57 Å². The molecule has 0 amide bonds. The van der Waals surface area contributed by atoms with Crippen molar-refractivity contribution in [3.05, 3.63) is 45.7 Å². The van der Waals surface area contributed by atoms with Gasteiger partial charge in [-0.3, -0.25) is 4.79 Å². The van der Waals surface area contributed by atoms with Gasteiger partial charge in [-0.15, -0.1) is 0 Å². The molecule has 1 aromatic carbocycles. The Morgan fingerprint density at radius 2 is 1.97 bits per heavy atom. The zero-order valence-electron chi connectivity index (χ0n) is 18.3. The molecule has 1 aromatic heterocycles. The second-order valence-corrected chi connectivity index (χ2v) is 9.25. The number of ether oxygens (including phenoxy) is 2. The molecular weight excluding hydrogens is 362 g/mol. The molecule has 0 unspecified atom stereocenters. The van der Waals surface area contributed by atoms with E-state index in [4.69, 9.17) is 9.47 Å². The summed E-state index contributed by atoms with van der Waals surface area (Å²) in [7, 11) is 0. The Balaban J connectivity index is 1.96. The fourth-order valence-electron chi connectivity index (χ4n) is 4.41. The third-order valence-electron chi connectivity index (χ3n) is 6.06. The molecule has 1 aliphatic heterocycles. The first-order chi connectivity index (χ1) is 13.9. The predicted octanol–water partition coefficient (Wildman–Crippen LogP) is 5.58. The normalized spacial score (nSPS) is 18.2. The van der Waals surface area contributed by atoms with E-state index in [1.807, 2.05) is 6.20 Å². The maximum absolute atomic E-state index is 12.3. The Bertz CT molecular complexity index is 953. The lowest BCUT2D eigenvalue weighted by molar-refractivity contribution is 0.218. The number of rotatable bonds is 6. The second-order valence-electron chi connectivity index (χ2n) is 9.25. The van der Waals surface area contributed by atoms with E-state index < -0.39 is 0 Å². The molecule has 0 N–H and O–H groups in total. The van der Waals surface area contributed by atoms with Crippen molar-refractivity contribution in [1.29, 1.82) is 0 Å². The van der Waals surface area contributed by atoms with Gasteiger partial charge in [0.2, 0.25) is 0 Å². The SMILES string of the molecule is CCc1c2c(cc(OCC(C)C)c1C1CC1)OC[C@@H](C(C)C)n1ccc(=O)cc1-2. The van der Waals surface area contributed by atoms with Crippen molar-refractivity contribution in [2.75, 3.05) is 13.2 Å². The Kier molecular flexibility index (Phi) is 5.46. The monoisotopic (exact) mass is 395 g/mol. The molecule has 0 spiro atoms. The van der Waals surface area contributed by atoms with Crippen LogP contribution in [0.4, 0.5) is 0 Å². The average molecular weight is 396 g/mol. The summed E-state index contributed by atoms with van der Waals surface area (Å²) in [6.07, 6.45) is 5.26. The molecule has 29 heavy (non-hydrogen) atoms. The van der Waals surface area contributed by atoms with E-state index in [9.17, 15) is 4.79 Å². The molecule has 156 valence electrons. The van der Waals surface area contributed by atoms with Crippen LogP contribution in [0.5, 0.6) is 11.5 Å². The summed E-state index contributed by atoms with van der Waals surface area (Å²) in [5.74, 6) is 3.26. The average Bonchev–Trinajstić information content (AvgIpc) is 3.51. The molecule has 0 radical (unpaired) electrons. The number of aromatic nitrogens is 1. The van der Waals surface area contributed by atoms with Gasteiger partial charge < -0.3 is 14.0 Å². The van der Waals surface area contributed by atoms with Crippen LogP contribution in [-0.2, 0) is 6.42 Å². The van der Waals surface area contributed by atoms with E-state index in [0.29, 0.717) is 31.0 Å². The van der Waals surface area contributed by atoms with Crippen molar-refractivity contribution in [2.45, 2.75) is 65.8 Å². The zero-order chi connectivity index (χ0) is 20.7. The highest BCUT2D eigenvalue weighted by Crippen LogP contribution is 2.52. The van der Waals surface area contributed by atoms with E-state index in [2.05, 4.69) is 45.3 Å². The van der Waals surface area contributed by atoms with E-state index in [-0.39, 0.29) is 11.5 Å². The quantitative estimate of drug-likeness (QED) is 0.641. The summed E-state index contributed by atoms with van der Waals surface area (Å²) in [5, 5.41) is 0. The lowest BCUT2D eigenvalue weighted by Crippen LogP contribution is -2.22. The Morgan fingerprint density at radius 1 is 1.21 bits per heavy atom. The van der Waals surface area contributed by atoms with Crippen molar-refractivity contribution >= 4 is 0 Å². The van der Waals surface area contributed by atoms with Gasteiger partial charge >= 0.3 is 0 Å². The fraction of sp³-hybridized carbons (Fsp3) is 0.560. The van der Waals surface area contributed by atoms with Gasteiger partial charge in [0.05, 0.1) is 18.3 Å². The standard InChI is InChI=1S/C25H33NO3/c1-6-19-24(17-7-8-17)22(28-13-15(2)3)12-23-25(19)20-11-18(27)9-10-26(20)21(14-29-23)16(4)5/h9-12,15-17,21H,6-8,13-14H2,1-5H3/t21-/m0/s1. The second kappa shape index (κ2) is 7.89. The van der Waals surface area contributed by atoms with Crippen LogP contribution in [0, 0.1) is 11.8 Å². The summed E-state index contributed by atoms with van der Waals surface area (Å²) >= 11 is 0. The number of nitrogens with zero attached hydrogens (tertiary/aromatic N) is 1. The van der Waals surface area contributed by atoms with E-state index in [1.54, 1.807) is 12.1 Å².